The average molecular weight is 406 g/mol. The summed E-state index contributed by atoms with van der Waals surface area (Å²) in [5.74, 6) is -4.62. The summed E-state index contributed by atoms with van der Waals surface area (Å²) in [5.41, 5.74) is -1.32. The maximum absolute atomic E-state index is 11.5. The predicted molar refractivity (Wildman–Crippen MR) is 100 cm³/mol. The molecule has 156 valence electrons. The lowest BCUT2D eigenvalue weighted by atomic mass is 10.2. The molecule has 2 heterocycles. The van der Waals surface area contributed by atoms with Crippen molar-refractivity contribution >= 4 is 11.9 Å². The van der Waals surface area contributed by atoms with Gasteiger partial charge in [-0.2, -0.15) is 0 Å². The number of aromatic carboxylic acids is 2. The SMILES string of the molecule is O=C(O)c1c(O)c(O)c(C(=O)O)n1-c1ccc(OCCCN2CCOCC2)cc1. The summed E-state index contributed by atoms with van der Waals surface area (Å²) in [6.45, 7) is 4.68. The first-order valence-corrected chi connectivity index (χ1v) is 9.06. The molecule has 1 fully saturated rings. The molecule has 1 aliphatic heterocycles. The molecule has 0 spiro atoms. The number of nitrogens with zero attached hydrogens (tertiary/aromatic N) is 2. The topological polar surface area (TPSA) is 142 Å². The van der Waals surface area contributed by atoms with E-state index >= 15 is 0 Å². The Bertz CT molecular complexity index is 847. The summed E-state index contributed by atoms with van der Waals surface area (Å²) >= 11 is 0. The van der Waals surface area contributed by atoms with Crippen molar-refractivity contribution in [2.75, 3.05) is 39.5 Å². The fraction of sp³-hybridized carbons (Fsp3) is 0.368. The van der Waals surface area contributed by atoms with E-state index in [0.717, 1.165) is 43.8 Å². The number of ether oxygens (including phenoxy) is 2. The van der Waals surface area contributed by atoms with Crippen molar-refractivity contribution in [1.82, 2.24) is 9.47 Å². The number of morpholine rings is 1. The molecule has 1 aromatic heterocycles. The van der Waals surface area contributed by atoms with Crippen LogP contribution in [-0.4, -0.2) is 81.3 Å². The van der Waals surface area contributed by atoms with Crippen LogP contribution in [0.3, 0.4) is 0 Å². The molecule has 0 radical (unpaired) electrons. The summed E-state index contributed by atoms with van der Waals surface area (Å²) in [4.78, 5) is 25.2. The highest BCUT2D eigenvalue weighted by Gasteiger charge is 2.31. The minimum absolute atomic E-state index is 0.149. The van der Waals surface area contributed by atoms with Crippen molar-refractivity contribution in [1.29, 1.82) is 0 Å². The van der Waals surface area contributed by atoms with Gasteiger partial charge < -0.3 is 29.9 Å². The lowest BCUT2D eigenvalue weighted by Gasteiger charge is -2.26. The summed E-state index contributed by atoms with van der Waals surface area (Å²) < 4.78 is 11.7. The van der Waals surface area contributed by atoms with Crippen LogP contribution in [0.2, 0.25) is 0 Å². The first kappa shape index (κ1) is 20.5. The molecular formula is C19H22N2O8. The highest BCUT2D eigenvalue weighted by atomic mass is 16.5. The Kier molecular flexibility index (Phi) is 6.25. The van der Waals surface area contributed by atoms with Gasteiger partial charge >= 0.3 is 11.9 Å². The number of aromatic nitrogens is 1. The van der Waals surface area contributed by atoms with E-state index in [1.54, 1.807) is 12.1 Å². The van der Waals surface area contributed by atoms with Crippen LogP contribution in [0.1, 0.15) is 27.4 Å². The fourth-order valence-corrected chi connectivity index (χ4v) is 3.19. The minimum Gasteiger partial charge on any atom is -0.503 e. The molecule has 29 heavy (non-hydrogen) atoms. The van der Waals surface area contributed by atoms with Gasteiger partial charge in [-0.3, -0.25) is 9.47 Å². The van der Waals surface area contributed by atoms with Crippen LogP contribution >= 0.6 is 0 Å². The Morgan fingerprint density at radius 2 is 1.52 bits per heavy atom. The summed E-state index contributed by atoms with van der Waals surface area (Å²) in [6.07, 6.45) is 0.827. The maximum Gasteiger partial charge on any atom is 0.356 e. The van der Waals surface area contributed by atoms with Crippen LogP contribution in [-0.2, 0) is 4.74 Å². The molecule has 4 N–H and O–H groups in total. The quantitative estimate of drug-likeness (QED) is 0.478. The third-order valence-corrected chi connectivity index (χ3v) is 4.61. The lowest BCUT2D eigenvalue weighted by molar-refractivity contribution is 0.0358. The van der Waals surface area contributed by atoms with Gasteiger partial charge in [-0.05, 0) is 30.7 Å². The van der Waals surface area contributed by atoms with Gasteiger partial charge in [-0.15, -0.1) is 0 Å². The van der Waals surface area contributed by atoms with Gasteiger partial charge in [0.15, 0.2) is 22.9 Å². The van der Waals surface area contributed by atoms with E-state index in [-0.39, 0.29) is 5.69 Å². The monoisotopic (exact) mass is 406 g/mol. The summed E-state index contributed by atoms with van der Waals surface area (Å²) in [5, 5.41) is 38.3. The van der Waals surface area contributed by atoms with Crippen molar-refractivity contribution in [3.8, 4) is 22.9 Å². The molecule has 1 saturated heterocycles. The zero-order valence-corrected chi connectivity index (χ0v) is 15.6. The molecule has 0 aliphatic carbocycles. The maximum atomic E-state index is 11.5. The van der Waals surface area contributed by atoms with E-state index in [1.807, 2.05) is 0 Å². The smallest absolute Gasteiger partial charge is 0.356 e. The molecule has 0 atom stereocenters. The van der Waals surface area contributed by atoms with E-state index in [1.165, 1.54) is 12.1 Å². The summed E-state index contributed by atoms with van der Waals surface area (Å²) in [7, 11) is 0. The number of carbonyl (C=O) groups is 2. The normalized spacial score (nSPS) is 14.6. The van der Waals surface area contributed by atoms with Gasteiger partial charge in [0, 0.05) is 25.3 Å². The average Bonchev–Trinajstić information content (AvgIpc) is 2.98. The Hall–Kier alpha value is -3.24. The number of benzene rings is 1. The standard InChI is InChI=1S/C19H22N2O8/c22-16-14(18(24)25)21(15(17(16)23)19(26)27)12-2-4-13(5-3-12)29-9-1-6-20-7-10-28-11-8-20/h2-5,22-23H,1,6-11H2,(H,24,25)(H,26,27). The molecule has 0 saturated carbocycles. The zero-order valence-electron chi connectivity index (χ0n) is 15.6. The van der Waals surface area contributed by atoms with E-state index in [2.05, 4.69) is 4.90 Å². The van der Waals surface area contributed by atoms with Crippen LogP contribution < -0.4 is 4.74 Å². The van der Waals surface area contributed by atoms with E-state index in [4.69, 9.17) is 9.47 Å². The number of rotatable bonds is 8. The third kappa shape index (κ3) is 4.44. The van der Waals surface area contributed by atoms with Crippen molar-refractivity contribution < 1.29 is 39.5 Å². The lowest BCUT2D eigenvalue weighted by Crippen LogP contribution is -2.37. The van der Waals surface area contributed by atoms with E-state index < -0.39 is 34.8 Å². The van der Waals surface area contributed by atoms with E-state index in [9.17, 15) is 30.0 Å². The van der Waals surface area contributed by atoms with Crippen LogP contribution in [0, 0.1) is 0 Å². The third-order valence-electron chi connectivity index (χ3n) is 4.61. The number of carboxylic acids is 2. The molecule has 3 rings (SSSR count). The molecule has 1 aliphatic rings. The number of hydrogen-bond acceptors (Lipinski definition) is 7. The Morgan fingerprint density at radius 1 is 0.966 bits per heavy atom. The second kappa shape index (κ2) is 8.84. The molecule has 10 nitrogen and oxygen atoms in total. The van der Waals surface area contributed by atoms with Gasteiger partial charge in [-0.25, -0.2) is 9.59 Å². The zero-order chi connectivity index (χ0) is 21.0. The van der Waals surface area contributed by atoms with Gasteiger partial charge in [0.05, 0.1) is 19.8 Å². The fourth-order valence-electron chi connectivity index (χ4n) is 3.19. The minimum atomic E-state index is -1.58. The van der Waals surface area contributed by atoms with Crippen molar-refractivity contribution in [3.63, 3.8) is 0 Å². The second-order valence-electron chi connectivity index (χ2n) is 6.49. The predicted octanol–water partition coefficient (Wildman–Crippen LogP) is 1.39. The number of hydrogen-bond donors (Lipinski definition) is 4. The Morgan fingerprint density at radius 3 is 2.03 bits per heavy atom. The van der Waals surface area contributed by atoms with Crippen molar-refractivity contribution in [2.45, 2.75) is 6.42 Å². The van der Waals surface area contributed by atoms with E-state index in [0.29, 0.717) is 12.4 Å². The largest absolute Gasteiger partial charge is 0.503 e. The Balaban J connectivity index is 1.71. The molecule has 10 heteroatoms. The second-order valence-corrected chi connectivity index (χ2v) is 6.49. The van der Waals surface area contributed by atoms with Gasteiger partial charge in [-0.1, -0.05) is 0 Å². The molecule has 0 amide bonds. The highest BCUT2D eigenvalue weighted by molar-refractivity contribution is 5.99. The van der Waals surface area contributed by atoms with Crippen LogP contribution in [0.15, 0.2) is 24.3 Å². The molecular weight excluding hydrogens is 384 g/mol. The summed E-state index contributed by atoms with van der Waals surface area (Å²) in [6, 6.07) is 6.04. The molecule has 0 bridgehead atoms. The first-order chi connectivity index (χ1) is 13.9. The van der Waals surface area contributed by atoms with Crippen molar-refractivity contribution in [3.05, 3.63) is 35.7 Å². The van der Waals surface area contributed by atoms with Crippen LogP contribution in [0.4, 0.5) is 0 Å². The van der Waals surface area contributed by atoms with Gasteiger partial charge in [0.1, 0.15) is 5.75 Å². The first-order valence-electron chi connectivity index (χ1n) is 9.06. The van der Waals surface area contributed by atoms with Crippen LogP contribution in [0.25, 0.3) is 5.69 Å². The van der Waals surface area contributed by atoms with Crippen LogP contribution in [0.5, 0.6) is 17.2 Å². The highest BCUT2D eigenvalue weighted by Crippen LogP contribution is 2.38. The van der Waals surface area contributed by atoms with Crippen molar-refractivity contribution in [2.24, 2.45) is 0 Å². The van der Waals surface area contributed by atoms with Gasteiger partial charge in [0.25, 0.3) is 0 Å². The Labute approximate surface area is 166 Å². The molecule has 2 aromatic rings. The number of carboxylic acid groups (broad SMARTS) is 2. The molecule has 0 unspecified atom stereocenters. The van der Waals surface area contributed by atoms with Gasteiger partial charge in [0.2, 0.25) is 0 Å². The number of aromatic hydroxyl groups is 2. The molecule has 1 aromatic carbocycles.